The van der Waals surface area contributed by atoms with Gasteiger partial charge in [0.1, 0.15) is 5.69 Å². The molecular formula is C16H16N2O3. The molecule has 0 fully saturated rings. The highest BCUT2D eigenvalue weighted by atomic mass is 16.4. The maximum atomic E-state index is 12.0. The van der Waals surface area contributed by atoms with E-state index < -0.39 is 5.97 Å². The number of hydrogen-bond donors (Lipinski definition) is 2. The molecule has 0 saturated carbocycles. The number of nitrogens with one attached hydrogen (secondary N) is 1. The molecule has 2 rings (SSSR count). The third-order valence-corrected chi connectivity index (χ3v) is 3.23. The lowest BCUT2D eigenvalue weighted by Gasteiger charge is -2.07. The smallest absolute Gasteiger partial charge is 0.335 e. The molecule has 2 aromatic rings. The lowest BCUT2D eigenvalue weighted by atomic mass is 10.1. The van der Waals surface area contributed by atoms with Gasteiger partial charge in [-0.15, -0.1) is 0 Å². The van der Waals surface area contributed by atoms with Gasteiger partial charge in [0, 0.05) is 12.7 Å². The molecule has 0 atom stereocenters. The van der Waals surface area contributed by atoms with Crippen LogP contribution >= 0.6 is 0 Å². The van der Waals surface area contributed by atoms with E-state index in [9.17, 15) is 9.59 Å². The van der Waals surface area contributed by atoms with Crippen LogP contribution in [0.25, 0.3) is 0 Å². The van der Waals surface area contributed by atoms with E-state index >= 15 is 0 Å². The van der Waals surface area contributed by atoms with Crippen molar-refractivity contribution in [2.45, 2.75) is 20.4 Å². The van der Waals surface area contributed by atoms with Crippen LogP contribution in [0.5, 0.6) is 0 Å². The van der Waals surface area contributed by atoms with Crippen molar-refractivity contribution in [2.24, 2.45) is 0 Å². The van der Waals surface area contributed by atoms with E-state index in [0.717, 1.165) is 16.7 Å². The van der Waals surface area contributed by atoms with Gasteiger partial charge in [-0.2, -0.15) is 0 Å². The van der Waals surface area contributed by atoms with E-state index in [-0.39, 0.29) is 18.0 Å². The van der Waals surface area contributed by atoms with Crippen molar-refractivity contribution < 1.29 is 14.7 Å². The summed E-state index contributed by atoms with van der Waals surface area (Å²) < 4.78 is 0. The van der Waals surface area contributed by atoms with Gasteiger partial charge in [0.2, 0.25) is 0 Å². The molecule has 0 saturated heterocycles. The van der Waals surface area contributed by atoms with Gasteiger partial charge in [0.15, 0.2) is 0 Å². The number of carbonyl (C=O) groups excluding carboxylic acids is 1. The molecule has 1 amide bonds. The number of benzene rings is 1. The van der Waals surface area contributed by atoms with Gasteiger partial charge in [0.05, 0.1) is 5.56 Å². The number of nitrogens with zero attached hydrogens (tertiary/aromatic N) is 1. The number of hydrogen-bond acceptors (Lipinski definition) is 3. The summed E-state index contributed by atoms with van der Waals surface area (Å²) in [5.74, 6) is -1.27. The van der Waals surface area contributed by atoms with E-state index in [0.29, 0.717) is 5.69 Å². The van der Waals surface area contributed by atoms with E-state index in [2.05, 4.69) is 10.3 Å². The Bertz CT molecular complexity index is 696. The summed E-state index contributed by atoms with van der Waals surface area (Å²) in [6.45, 7) is 4.11. The first kappa shape index (κ1) is 14.7. The molecular weight excluding hydrogens is 268 g/mol. The largest absolute Gasteiger partial charge is 0.478 e. The number of carboxylic acids is 1. The van der Waals surface area contributed by atoms with Gasteiger partial charge in [0.25, 0.3) is 5.91 Å². The van der Waals surface area contributed by atoms with Crippen LogP contribution in [-0.4, -0.2) is 22.0 Å². The van der Waals surface area contributed by atoms with Crippen LogP contribution in [-0.2, 0) is 6.54 Å². The predicted octanol–water partition coefficient (Wildman–Crippen LogP) is 2.33. The summed E-state index contributed by atoms with van der Waals surface area (Å²) in [6, 6.07) is 8.20. The van der Waals surface area contributed by atoms with Gasteiger partial charge in [-0.25, -0.2) is 4.79 Å². The highest BCUT2D eigenvalue weighted by Gasteiger charge is 2.09. The summed E-state index contributed by atoms with van der Waals surface area (Å²) in [5.41, 5.74) is 3.31. The van der Waals surface area contributed by atoms with Gasteiger partial charge in [-0.3, -0.25) is 9.78 Å². The average Bonchev–Trinajstić information content (AvgIpc) is 2.48. The number of carboxylic acid groups (broad SMARTS) is 1. The van der Waals surface area contributed by atoms with E-state index in [4.69, 9.17) is 5.11 Å². The highest BCUT2D eigenvalue weighted by Crippen LogP contribution is 2.08. The zero-order valence-electron chi connectivity index (χ0n) is 11.9. The minimum absolute atomic E-state index is 0.200. The molecule has 5 heteroatoms. The standard InChI is InChI=1S/C16H16N2O3/c1-10-6-14(17-8-11(10)2)15(19)18-9-12-4-3-5-13(7-12)16(20)21/h3-8H,9H2,1-2H3,(H,18,19)(H,20,21). The number of amides is 1. The Hall–Kier alpha value is -2.69. The topological polar surface area (TPSA) is 79.3 Å². The molecule has 0 spiro atoms. The van der Waals surface area contributed by atoms with E-state index in [1.807, 2.05) is 13.8 Å². The summed E-state index contributed by atoms with van der Waals surface area (Å²) in [4.78, 5) is 27.0. The van der Waals surface area contributed by atoms with Crippen molar-refractivity contribution in [3.05, 3.63) is 64.5 Å². The Balaban J connectivity index is 2.05. The maximum Gasteiger partial charge on any atom is 0.335 e. The number of rotatable bonds is 4. The molecule has 0 aliphatic rings. The Morgan fingerprint density at radius 1 is 1.19 bits per heavy atom. The van der Waals surface area contributed by atoms with Crippen LogP contribution in [0.2, 0.25) is 0 Å². The molecule has 21 heavy (non-hydrogen) atoms. The SMILES string of the molecule is Cc1cnc(C(=O)NCc2cccc(C(=O)O)c2)cc1C. The summed E-state index contributed by atoms with van der Waals surface area (Å²) >= 11 is 0. The molecule has 0 aliphatic carbocycles. The van der Waals surface area contributed by atoms with Gasteiger partial charge < -0.3 is 10.4 Å². The van der Waals surface area contributed by atoms with Crippen LogP contribution in [0.4, 0.5) is 0 Å². The second kappa shape index (κ2) is 6.17. The number of pyridine rings is 1. The van der Waals surface area contributed by atoms with E-state index in [1.54, 1.807) is 24.4 Å². The van der Waals surface area contributed by atoms with Crippen LogP contribution in [0, 0.1) is 13.8 Å². The second-order valence-corrected chi connectivity index (χ2v) is 4.84. The molecule has 1 aromatic heterocycles. The average molecular weight is 284 g/mol. The molecule has 5 nitrogen and oxygen atoms in total. The Morgan fingerprint density at radius 3 is 2.62 bits per heavy atom. The maximum absolute atomic E-state index is 12.0. The molecule has 1 aromatic carbocycles. The van der Waals surface area contributed by atoms with Crippen molar-refractivity contribution in [3.63, 3.8) is 0 Å². The monoisotopic (exact) mass is 284 g/mol. The first-order chi connectivity index (χ1) is 9.97. The third-order valence-electron chi connectivity index (χ3n) is 3.23. The highest BCUT2D eigenvalue weighted by molar-refractivity contribution is 5.92. The first-order valence-electron chi connectivity index (χ1n) is 6.51. The van der Waals surface area contributed by atoms with E-state index in [1.165, 1.54) is 12.1 Å². The fraction of sp³-hybridized carbons (Fsp3) is 0.188. The fourth-order valence-electron chi connectivity index (χ4n) is 1.84. The second-order valence-electron chi connectivity index (χ2n) is 4.84. The molecule has 1 heterocycles. The van der Waals surface area contributed by atoms with Crippen molar-refractivity contribution in [2.75, 3.05) is 0 Å². The third kappa shape index (κ3) is 3.66. The minimum atomic E-state index is -0.987. The fourth-order valence-corrected chi connectivity index (χ4v) is 1.84. The molecule has 0 aliphatic heterocycles. The molecule has 108 valence electrons. The Morgan fingerprint density at radius 2 is 1.95 bits per heavy atom. The van der Waals surface area contributed by atoms with Crippen LogP contribution in [0.15, 0.2) is 36.5 Å². The Labute approximate surface area is 122 Å². The van der Waals surface area contributed by atoms with Crippen LogP contribution in [0.1, 0.15) is 37.5 Å². The van der Waals surface area contributed by atoms with Crippen molar-refractivity contribution >= 4 is 11.9 Å². The summed E-state index contributed by atoms with van der Waals surface area (Å²) in [7, 11) is 0. The summed E-state index contributed by atoms with van der Waals surface area (Å²) in [6.07, 6.45) is 1.66. The number of carbonyl (C=O) groups is 2. The Kier molecular flexibility index (Phi) is 4.33. The van der Waals surface area contributed by atoms with Crippen LogP contribution in [0.3, 0.4) is 0 Å². The predicted molar refractivity (Wildman–Crippen MR) is 78.3 cm³/mol. The number of aromatic nitrogens is 1. The van der Waals surface area contributed by atoms with Crippen molar-refractivity contribution in [1.29, 1.82) is 0 Å². The zero-order valence-corrected chi connectivity index (χ0v) is 11.9. The van der Waals surface area contributed by atoms with Crippen LogP contribution < -0.4 is 5.32 Å². The first-order valence-corrected chi connectivity index (χ1v) is 6.51. The number of aryl methyl sites for hydroxylation is 2. The zero-order chi connectivity index (χ0) is 15.4. The molecule has 0 unspecified atom stereocenters. The lowest BCUT2D eigenvalue weighted by molar-refractivity contribution is 0.0696. The summed E-state index contributed by atoms with van der Waals surface area (Å²) in [5, 5.41) is 11.7. The van der Waals surface area contributed by atoms with Crippen molar-refractivity contribution in [3.8, 4) is 0 Å². The quantitative estimate of drug-likeness (QED) is 0.903. The minimum Gasteiger partial charge on any atom is -0.478 e. The van der Waals surface area contributed by atoms with Gasteiger partial charge >= 0.3 is 5.97 Å². The molecule has 0 radical (unpaired) electrons. The normalized spacial score (nSPS) is 10.2. The van der Waals surface area contributed by atoms with Gasteiger partial charge in [-0.1, -0.05) is 12.1 Å². The lowest BCUT2D eigenvalue weighted by Crippen LogP contribution is -2.24. The van der Waals surface area contributed by atoms with Gasteiger partial charge in [-0.05, 0) is 48.7 Å². The van der Waals surface area contributed by atoms with Crippen molar-refractivity contribution in [1.82, 2.24) is 10.3 Å². The molecule has 2 N–H and O–H groups in total. The number of aromatic carboxylic acids is 1. The molecule has 0 bridgehead atoms.